The van der Waals surface area contributed by atoms with Crippen LogP contribution < -0.4 is 5.32 Å². The van der Waals surface area contributed by atoms with Crippen LogP contribution in [0.25, 0.3) is 0 Å². The number of benzene rings is 1. The molecule has 2 nitrogen and oxygen atoms in total. The Bertz CT molecular complexity index is 325. The summed E-state index contributed by atoms with van der Waals surface area (Å²) in [7, 11) is 0. The van der Waals surface area contributed by atoms with Crippen LogP contribution in [-0.2, 0) is 4.79 Å². The second kappa shape index (κ2) is 4.80. The summed E-state index contributed by atoms with van der Waals surface area (Å²) < 4.78 is 0. The van der Waals surface area contributed by atoms with E-state index in [-0.39, 0.29) is 13.3 Å². The summed E-state index contributed by atoms with van der Waals surface area (Å²) in [4.78, 5) is 11.5. The topological polar surface area (TPSA) is 29.1 Å². The molecular formula is C12H19NO. The molecule has 0 saturated heterocycles. The summed E-state index contributed by atoms with van der Waals surface area (Å²) in [6.45, 7) is 5.96. The summed E-state index contributed by atoms with van der Waals surface area (Å²) in [5.74, 6) is 0.175. The van der Waals surface area contributed by atoms with Gasteiger partial charge in [0.15, 0.2) is 0 Å². The Balaban J connectivity index is 0.00000196. The Hall–Kier alpha value is -1.31. The van der Waals surface area contributed by atoms with E-state index in [9.17, 15) is 4.79 Å². The van der Waals surface area contributed by atoms with Gasteiger partial charge in [-0.3, -0.25) is 4.79 Å². The molecule has 14 heavy (non-hydrogen) atoms. The highest BCUT2D eigenvalue weighted by Gasteiger charge is 2.09. The summed E-state index contributed by atoms with van der Waals surface area (Å²) in [6, 6.07) is 7.84. The van der Waals surface area contributed by atoms with Gasteiger partial charge in [0.2, 0.25) is 5.91 Å². The number of amides is 1. The smallest absolute Gasteiger partial charge is 0.227 e. The first-order chi connectivity index (χ1) is 6.63. The Labute approximate surface area is 86.8 Å². The summed E-state index contributed by atoms with van der Waals surface area (Å²) in [5.41, 5.74) is 2.04. The van der Waals surface area contributed by atoms with Crippen LogP contribution in [0.4, 0.5) is 5.69 Å². The highest BCUT2D eigenvalue weighted by atomic mass is 16.1. The highest BCUT2D eigenvalue weighted by Crippen LogP contribution is 2.11. The van der Waals surface area contributed by atoms with Gasteiger partial charge in [-0.15, -0.1) is 0 Å². The molecule has 0 fully saturated rings. The fourth-order valence-electron chi connectivity index (χ4n) is 1.17. The third-order valence-electron chi connectivity index (χ3n) is 2.35. The van der Waals surface area contributed by atoms with Crippen molar-refractivity contribution < 1.29 is 6.22 Å². The van der Waals surface area contributed by atoms with Crippen molar-refractivity contribution in [2.45, 2.75) is 27.2 Å². The fraction of sp³-hybridized carbons (Fsp3) is 0.417. The van der Waals surface area contributed by atoms with Crippen molar-refractivity contribution in [2.75, 3.05) is 5.32 Å². The average molecular weight is 193 g/mol. The molecule has 0 aromatic heterocycles. The molecule has 0 saturated carbocycles. The van der Waals surface area contributed by atoms with Crippen LogP contribution in [0.5, 0.6) is 0 Å². The maximum atomic E-state index is 11.5. The predicted octanol–water partition coefficient (Wildman–Crippen LogP) is 3.23. The molecule has 0 bridgehead atoms. The van der Waals surface area contributed by atoms with Crippen molar-refractivity contribution in [3.8, 4) is 0 Å². The van der Waals surface area contributed by atoms with Crippen molar-refractivity contribution >= 4 is 11.6 Å². The Morgan fingerprint density at radius 1 is 1.57 bits per heavy atom. The van der Waals surface area contributed by atoms with Gasteiger partial charge in [0, 0.05) is 13.0 Å². The summed E-state index contributed by atoms with van der Waals surface area (Å²) in [5, 5.41) is 2.89. The lowest BCUT2D eigenvalue weighted by molar-refractivity contribution is -0.119. The number of aryl methyl sites for hydroxylation is 1. The lowest BCUT2D eigenvalue weighted by Crippen LogP contribution is -2.19. The van der Waals surface area contributed by atoms with E-state index >= 15 is 0 Å². The quantitative estimate of drug-likeness (QED) is 0.784. The summed E-state index contributed by atoms with van der Waals surface area (Å²) in [6.07, 6.45) is 0.873. The Kier molecular flexibility index (Phi) is 3.69. The second-order valence-electron chi connectivity index (χ2n) is 3.67. The molecule has 0 aliphatic heterocycles. The van der Waals surface area contributed by atoms with Crippen LogP contribution in [-0.4, -0.2) is 5.91 Å². The molecule has 1 N–H and O–H groups in total. The van der Waals surface area contributed by atoms with Gasteiger partial charge in [-0.05, 0) is 31.0 Å². The SMILES string of the molecule is CCC(C)C(=O)Nc1cccc(C)c1.[HH]. The van der Waals surface area contributed by atoms with E-state index in [0.29, 0.717) is 0 Å². The first kappa shape index (κ1) is 10.8. The highest BCUT2D eigenvalue weighted by molar-refractivity contribution is 5.92. The monoisotopic (exact) mass is 193 g/mol. The molecule has 0 spiro atoms. The lowest BCUT2D eigenvalue weighted by Gasteiger charge is -2.10. The third-order valence-corrected chi connectivity index (χ3v) is 2.35. The zero-order chi connectivity index (χ0) is 10.6. The summed E-state index contributed by atoms with van der Waals surface area (Å²) >= 11 is 0. The van der Waals surface area contributed by atoms with E-state index in [1.807, 2.05) is 45.0 Å². The van der Waals surface area contributed by atoms with E-state index in [2.05, 4.69) is 5.32 Å². The van der Waals surface area contributed by atoms with E-state index in [1.54, 1.807) is 0 Å². The zero-order valence-electron chi connectivity index (χ0n) is 9.00. The van der Waals surface area contributed by atoms with Gasteiger partial charge in [-0.25, -0.2) is 0 Å². The largest absolute Gasteiger partial charge is 0.326 e. The number of nitrogens with one attached hydrogen (secondary N) is 1. The maximum absolute atomic E-state index is 11.5. The van der Waals surface area contributed by atoms with Crippen LogP contribution >= 0.6 is 0 Å². The molecule has 1 atom stereocenters. The molecule has 1 unspecified atom stereocenters. The van der Waals surface area contributed by atoms with E-state index < -0.39 is 0 Å². The van der Waals surface area contributed by atoms with Gasteiger partial charge in [0.1, 0.15) is 0 Å². The van der Waals surface area contributed by atoms with Gasteiger partial charge >= 0.3 is 0 Å². The van der Waals surface area contributed by atoms with Crippen molar-refractivity contribution in [1.29, 1.82) is 0 Å². The van der Waals surface area contributed by atoms with Gasteiger partial charge in [0.05, 0.1) is 0 Å². The number of anilines is 1. The minimum absolute atomic E-state index is 0. The van der Waals surface area contributed by atoms with Crippen LogP contribution in [0, 0.1) is 12.8 Å². The standard InChI is InChI=1S/C12H17NO.H2/c1-4-10(3)12(14)13-11-7-5-6-9(2)8-11;/h5-8,10H,4H2,1-3H3,(H,13,14);1H. The number of carbonyl (C=O) groups excluding carboxylic acids is 1. The molecule has 0 aliphatic carbocycles. The van der Waals surface area contributed by atoms with Crippen molar-refractivity contribution in [3.63, 3.8) is 0 Å². The number of carbonyl (C=O) groups is 1. The van der Waals surface area contributed by atoms with Gasteiger partial charge in [0.25, 0.3) is 0 Å². The molecule has 0 radical (unpaired) electrons. The second-order valence-corrected chi connectivity index (χ2v) is 3.67. The molecule has 2 heteroatoms. The molecule has 1 aromatic carbocycles. The predicted molar refractivity (Wildman–Crippen MR) is 61.4 cm³/mol. The molecule has 0 aliphatic rings. The first-order valence-corrected chi connectivity index (χ1v) is 5.01. The van der Waals surface area contributed by atoms with E-state index in [1.165, 1.54) is 0 Å². The molecular weight excluding hydrogens is 174 g/mol. The van der Waals surface area contributed by atoms with Crippen LogP contribution in [0.3, 0.4) is 0 Å². The van der Waals surface area contributed by atoms with Gasteiger partial charge in [-0.2, -0.15) is 0 Å². The normalized spacial score (nSPS) is 12.2. The first-order valence-electron chi connectivity index (χ1n) is 5.01. The van der Waals surface area contributed by atoms with Crippen molar-refractivity contribution in [2.24, 2.45) is 5.92 Å². The molecule has 0 heterocycles. The van der Waals surface area contributed by atoms with Crippen LogP contribution in [0.2, 0.25) is 0 Å². The molecule has 78 valence electrons. The van der Waals surface area contributed by atoms with Crippen molar-refractivity contribution in [1.82, 2.24) is 0 Å². The average Bonchev–Trinajstić information content (AvgIpc) is 2.16. The molecule has 1 rings (SSSR count). The van der Waals surface area contributed by atoms with Crippen LogP contribution in [0.1, 0.15) is 27.3 Å². The van der Waals surface area contributed by atoms with Crippen LogP contribution in [0.15, 0.2) is 24.3 Å². The number of hydrogen-bond acceptors (Lipinski definition) is 1. The van der Waals surface area contributed by atoms with Gasteiger partial charge < -0.3 is 5.32 Å². The lowest BCUT2D eigenvalue weighted by atomic mass is 10.1. The molecule has 1 amide bonds. The Morgan fingerprint density at radius 3 is 2.86 bits per heavy atom. The minimum atomic E-state index is 0. The van der Waals surface area contributed by atoms with E-state index in [0.717, 1.165) is 17.7 Å². The minimum Gasteiger partial charge on any atom is -0.326 e. The molecule has 1 aromatic rings. The van der Waals surface area contributed by atoms with Gasteiger partial charge in [-0.1, -0.05) is 26.0 Å². The number of rotatable bonds is 3. The fourth-order valence-corrected chi connectivity index (χ4v) is 1.17. The van der Waals surface area contributed by atoms with E-state index in [4.69, 9.17) is 0 Å². The van der Waals surface area contributed by atoms with Crippen molar-refractivity contribution in [3.05, 3.63) is 29.8 Å². The zero-order valence-corrected chi connectivity index (χ0v) is 9.00. The maximum Gasteiger partial charge on any atom is 0.227 e. The number of hydrogen-bond donors (Lipinski definition) is 1. The Morgan fingerprint density at radius 2 is 2.29 bits per heavy atom. The third kappa shape index (κ3) is 2.87.